The second-order valence-corrected chi connectivity index (χ2v) is 8.67. The molecule has 35 heavy (non-hydrogen) atoms. The predicted molar refractivity (Wildman–Crippen MR) is 128 cm³/mol. The molecule has 0 bridgehead atoms. The lowest BCUT2D eigenvalue weighted by atomic mass is 9.83. The highest BCUT2D eigenvalue weighted by molar-refractivity contribution is 9.10. The van der Waals surface area contributed by atoms with E-state index >= 15 is 0 Å². The van der Waals surface area contributed by atoms with Crippen LogP contribution >= 0.6 is 15.9 Å². The topological polar surface area (TPSA) is 96.0 Å². The fourth-order valence-electron chi connectivity index (χ4n) is 4.11. The molecule has 178 valence electrons. The van der Waals surface area contributed by atoms with Gasteiger partial charge in [-0.3, -0.25) is 0 Å². The molecule has 3 aromatic carbocycles. The van der Waals surface area contributed by atoms with E-state index in [4.69, 9.17) is 29.4 Å². The molecule has 2 aliphatic heterocycles. The lowest BCUT2D eigenvalue weighted by Crippen LogP contribution is -2.21. The molecule has 9 heteroatoms. The number of hydrogen-bond acceptors (Lipinski definition) is 7. The molecule has 0 unspecified atom stereocenters. The average Bonchev–Trinajstić information content (AvgIpc) is 3.30. The normalized spacial score (nSPS) is 15.8. The van der Waals surface area contributed by atoms with Gasteiger partial charge in [-0.05, 0) is 52.7 Å². The van der Waals surface area contributed by atoms with Gasteiger partial charge in [-0.2, -0.15) is 5.26 Å². The minimum Gasteiger partial charge on any atom is -0.490 e. The number of ether oxygens (including phenoxy) is 5. The number of halogens is 2. The van der Waals surface area contributed by atoms with Crippen molar-refractivity contribution >= 4 is 15.9 Å². The molecule has 0 fully saturated rings. The van der Waals surface area contributed by atoms with Crippen molar-refractivity contribution in [3.05, 3.63) is 87.0 Å². The maximum absolute atomic E-state index is 14.1. The summed E-state index contributed by atoms with van der Waals surface area (Å²) in [5.74, 6) is 1.56. The molecule has 0 radical (unpaired) electrons. The number of rotatable bonds is 6. The Hall–Kier alpha value is -3.90. The first-order chi connectivity index (χ1) is 17.0. The Morgan fingerprint density at radius 1 is 1.11 bits per heavy atom. The fraction of sp³-hybridized carbons (Fsp3) is 0.192. The first-order valence-corrected chi connectivity index (χ1v) is 11.6. The summed E-state index contributed by atoms with van der Waals surface area (Å²) < 4.78 is 43.3. The van der Waals surface area contributed by atoms with Crippen LogP contribution in [0.15, 0.2) is 64.5 Å². The molecule has 0 saturated heterocycles. The quantitative estimate of drug-likeness (QED) is 0.441. The average molecular weight is 539 g/mol. The first kappa shape index (κ1) is 22.9. The van der Waals surface area contributed by atoms with Crippen molar-refractivity contribution in [3.8, 4) is 34.8 Å². The summed E-state index contributed by atoms with van der Waals surface area (Å²) in [7, 11) is 0. The highest BCUT2D eigenvalue weighted by Gasteiger charge is 2.34. The Morgan fingerprint density at radius 2 is 1.89 bits per heavy atom. The standard InChI is InChI=1S/C26H20BrFN2O5/c1-2-31-23-8-15(7-18(27)25(23)32-12-14-5-3-4-6-19(14)28)24-16-9-21-22(34-13-33-21)10-20(16)35-26(30)17(24)11-29/h3-10,24H,2,12-13,30H2,1H3/t24-/m0/s1. The number of hydrogen-bond donors (Lipinski definition) is 1. The molecule has 0 amide bonds. The molecule has 5 rings (SSSR count). The Balaban J connectivity index is 1.58. The van der Waals surface area contributed by atoms with E-state index < -0.39 is 5.92 Å². The van der Waals surface area contributed by atoms with Crippen LogP contribution in [0.2, 0.25) is 0 Å². The fourth-order valence-corrected chi connectivity index (χ4v) is 4.69. The van der Waals surface area contributed by atoms with Crippen molar-refractivity contribution in [2.24, 2.45) is 5.73 Å². The molecule has 0 aromatic heterocycles. The van der Waals surface area contributed by atoms with Gasteiger partial charge in [-0.1, -0.05) is 18.2 Å². The van der Waals surface area contributed by atoms with E-state index in [1.807, 2.05) is 13.0 Å². The van der Waals surface area contributed by atoms with E-state index in [9.17, 15) is 9.65 Å². The van der Waals surface area contributed by atoms with Crippen molar-refractivity contribution in [1.82, 2.24) is 0 Å². The number of benzene rings is 3. The minimum atomic E-state index is -0.547. The zero-order valence-electron chi connectivity index (χ0n) is 18.6. The number of nitriles is 1. The van der Waals surface area contributed by atoms with Crippen LogP contribution in [0.5, 0.6) is 28.7 Å². The lowest BCUT2D eigenvalue weighted by Gasteiger charge is -2.27. The molecular weight excluding hydrogens is 519 g/mol. The van der Waals surface area contributed by atoms with Crippen molar-refractivity contribution < 1.29 is 28.1 Å². The molecule has 7 nitrogen and oxygen atoms in total. The van der Waals surface area contributed by atoms with Crippen molar-refractivity contribution in [3.63, 3.8) is 0 Å². The summed E-state index contributed by atoms with van der Waals surface area (Å²) in [5, 5.41) is 9.92. The van der Waals surface area contributed by atoms with Crippen LogP contribution in [0.4, 0.5) is 4.39 Å². The number of allylic oxidation sites excluding steroid dienone is 1. The third-order valence-corrected chi connectivity index (χ3v) is 6.29. The van der Waals surface area contributed by atoms with Crippen molar-refractivity contribution in [2.75, 3.05) is 13.4 Å². The predicted octanol–water partition coefficient (Wildman–Crippen LogP) is 5.51. The van der Waals surface area contributed by atoms with Gasteiger partial charge in [0.15, 0.2) is 23.0 Å². The van der Waals surface area contributed by atoms with Crippen LogP contribution in [-0.2, 0) is 6.61 Å². The Kier molecular flexibility index (Phi) is 6.14. The van der Waals surface area contributed by atoms with Crippen LogP contribution in [0.3, 0.4) is 0 Å². The van der Waals surface area contributed by atoms with Gasteiger partial charge >= 0.3 is 0 Å². The molecule has 0 saturated carbocycles. The Labute approximate surface area is 209 Å². The van der Waals surface area contributed by atoms with E-state index in [1.165, 1.54) is 6.07 Å². The summed E-state index contributed by atoms with van der Waals surface area (Å²) in [5.41, 5.74) is 8.23. The van der Waals surface area contributed by atoms with E-state index in [0.29, 0.717) is 51.0 Å². The molecule has 2 aliphatic rings. The highest BCUT2D eigenvalue weighted by Crippen LogP contribution is 2.50. The van der Waals surface area contributed by atoms with Gasteiger partial charge in [0, 0.05) is 17.2 Å². The van der Waals surface area contributed by atoms with E-state index in [-0.39, 0.29) is 30.7 Å². The molecule has 1 atom stereocenters. The summed E-state index contributed by atoms with van der Waals surface area (Å²) in [4.78, 5) is 0. The number of fused-ring (bicyclic) bond motifs is 2. The van der Waals surface area contributed by atoms with Gasteiger partial charge in [0.25, 0.3) is 0 Å². The second-order valence-electron chi connectivity index (χ2n) is 7.81. The molecule has 0 spiro atoms. The Morgan fingerprint density at radius 3 is 2.63 bits per heavy atom. The van der Waals surface area contributed by atoms with Crippen LogP contribution < -0.4 is 29.4 Å². The van der Waals surface area contributed by atoms with E-state index in [2.05, 4.69) is 22.0 Å². The van der Waals surface area contributed by atoms with Crippen molar-refractivity contribution in [2.45, 2.75) is 19.4 Å². The molecule has 0 aliphatic carbocycles. The third kappa shape index (κ3) is 4.21. The van der Waals surface area contributed by atoms with Gasteiger partial charge in [-0.15, -0.1) is 0 Å². The van der Waals surface area contributed by atoms with Gasteiger partial charge < -0.3 is 29.4 Å². The second kappa shape index (κ2) is 9.39. The molecule has 2 N–H and O–H groups in total. The van der Waals surface area contributed by atoms with E-state index in [0.717, 1.165) is 5.56 Å². The molecule has 2 heterocycles. The van der Waals surface area contributed by atoms with E-state index in [1.54, 1.807) is 36.4 Å². The summed E-state index contributed by atoms with van der Waals surface area (Å²) in [6.07, 6.45) is 0. The van der Waals surface area contributed by atoms with Crippen LogP contribution in [0, 0.1) is 17.1 Å². The van der Waals surface area contributed by atoms with Crippen molar-refractivity contribution in [1.29, 1.82) is 5.26 Å². The van der Waals surface area contributed by atoms with Gasteiger partial charge in [-0.25, -0.2) is 4.39 Å². The number of nitrogens with two attached hydrogens (primary N) is 1. The van der Waals surface area contributed by atoms with Crippen LogP contribution in [0.25, 0.3) is 0 Å². The van der Waals surface area contributed by atoms with Gasteiger partial charge in [0.2, 0.25) is 12.7 Å². The molecular formula is C26H20BrFN2O5. The summed E-state index contributed by atoms with van der Waals surface area (Å²) >= 11 is 3.57. The minimum absolute atomic E-state index is 0.0119. The van der Waals surface area contributed by atoms with Crippen LogP contribution in [0.1, 0.15) is 29.5 Å². The monoisotopic (exact) mass is 538 g/mol. The highest BCUT2D eigenvalue weighted by atomic mass is 79.9. The summed E-state index contributed by atoms with van der Waals surface area (Å²) in [6.45, 7) is 2.35. The summed E-state index contributed by atoms with van der Waals surface area (Å²) in [6, 6.07) is 15.7. The zero-order valence-corrected chi connectivity index (χ0v) is 20.2. The maximum Gasteiger partial charge on any atom is 0.231 e. The smallest absolute Gasteiger partial charge is 0.231 e. The number of nitrogens with zero attached hydrogens (tertiary/aromatic N) is 1. The largest absolute Gasteiger partial charge is 0.490 e. The van der Waals surface area contributed by atoms with Crippen LogP contribution in [-0.4, -0.2) is 13.4 Å². The first-order valence-electron chi connectivity index (χ1n) is 10.8. The zero-order chi connectivity index (χ0) is 24.5. The lowest BCUT2D eigenvalue weighted by molar-refractivity contribution is 0.174. The molecule has 3 aromatic rings. The SMILES string of the molecule is CCOc1cc([C@@H]2C(C#N)=C(N)Oc3cc4c(cc32)OCO4)cc(Br)c1OCc1ccccc1F. The third-order valence-electron chi connectivity index (χ3n) is 5.71. The van der Waals surface area contributed by atoms with Gasteiger partial charge in [0.05, 0.1) is 17.0 Å². The van der Waals surface area contributed by atoms with Gasteiger partial charge in [0.1, 0.15) is 29.8 Å². The Bertz CT molecular complexity index is 1380. The maximum atomic E-state index is 14.1.